The number of ether oxygens (including phenoxy) is 1. The van der Waals surface area contributed by atoms with E-state index in [-0.39, 0.29) is 17.8 Å². The van der Waals surface area contributed by atoms with Crippen molar-refractivity contribution in [1.29, 1.82) is 0 Å². The maximum atomic E-state index is 12.2. The number of hydrogen-bond acceptors (Lipinski definition) is 6. The lowest BCUT2D eigenvalue weighted by molar-refractivity contribution is -0.136. The Morgan fingerprint density at radius 1 is 1.32 bits per heavy atom. The van der Waals surface area contributed by atoms with Crippen LogP contribution in [-0.2, 0) is 19.1 Å². The molecule has 2 heterocycles. The van der Waals surface area contributed by atoms with Gasteiger partial charge in [-0.25, -0.2) is 0 Å². The zero-order chi connectivity index (χ0) is 18.9. The normalized spacial score (nSPS) is 33.2. The zero-order valence-electron chi connectivity index (χ0n) is 14.8. The third-order valence-electron chi connectivity index (χ3n) is 4.42. The lowest BCUT2D eigenvalue weighted by Crippen LogP contribution is -2.48. The minimum Gasteiger partial charge on any atom is -0.388 e. The number of rotatable bonds is 6. The topological polar surface area (TPSA) is 113 Å². The number of carbonyl (C=O) groups excluding carboxylic acids is 3. The summed E-state index contributed by atoms with van der Waals surface area (Å²) in [6, 6.07) is 0. The first kappa shape index (κ1) is 20.0. The quantitative estimate of drug-likeness (QED) is 0.439. The SMILES string of the molecule is C=P(C)(C)CC[C@H]1OC([C@@H]2C=C(CC(C)=O)C(=O)NC2=O)[C@H](O)[C@@H]1O. The van der Waals surface area contributed by atoms with Gasteiger partial charge in [0.05, 0.1) is 12.0 Å². The lowest BCUT2D eigenvalue weighted by atomic mass is 9.89. The Hall–Kier alpha value is -1.27. The molecule has 2 rings (SSSR count). The van der Waals surface area contributed by atoms with Crippen LogP contribution in [0.25, 0.3) is 0 Å². The van der Waals surface area contributed by atoms with Gasteiger partial charge in [0.15, 0.2) is 0 Å². The summed E-state index contributed by atoms with van der Waals surface area (Å²) in [5.74, 6) is -2.34. The fraction of sp³-hybridized carbons (Fsp3) is 0.647. The monoisotopic (exact) mass is 371 g/mol. The highest BCUT2D eigenvalue weighted by molar-refractivity contribution is 7.72. The van der Waals surface area contributed by atoms with Crippen molar-refractivity contribution >= 4 is 30.8 Å². The van der Waals surface area contributed by atoms with Crippen molar-refractivity contribution < 1.29 is 29.3 Å². The summed E-state index contributed by atoms with van der Waals surface area (Å²) in [6.45, 7) is 4.18. The summed E-state index contributed by atoms with van der Waals surface area (Å²) in [5.41, 5.74) is 0.177. The second-order valence-corrected chi connectivity index (χ2v) is 11.8. The minimum atomic E-state index is -1.31. The molecule has 1 fully saturated rings. The molecule has 2 aliphatic heterocycles. The predicted molar refractivity (Wildman–Crippen MR) is 96.1 cm³/mol. The second-order valence-electron chi connectivity index (χ2n) is 7.48. The molecule has 0 saturated carbocycles. The molecule has 0 aliphatic carbocycles. The molecule has 2 aliphatic rings. The molecule has 0 aromatic heterocycles. The van der Waals surface area contributed by atoms with Gasteiger partial charge < -0.3 is 14.9 Å². The van der Waals surface area contributed by atoms with E-state index in [0.717, 1.165) is 6.16 Å². The summed E-state index contributed by atoms with van der Waals surface area (Å²) in [7, 11) is 0. The Balaban J connectivity index is 2.17. The summed E-state index contributed by atoms with van der Waals surface area (Å²) < 4.78 is 5.77. The molecule has 8 heteroatoms. The highest BCUT2D eigenvalue weighted by atomic mass is 31.2. The molecule has 2 amide bonds. The zero-order valence-corrected chi connectivity index (χ0v) is 15.7. The van der Waals surface area contributed by atoms with Crippen molar-refractivity contribution in [3.8, 4) is 0 Å². The van der Waals surface area contributed by atoms with Crippen molar-refractivity contribution in [2.45, 2.75) is 44.2 Å². The first-order valence-electron chi connectivity index (χ1n) is 8.24. The van der Waals surface area contributed by atoms with Gasteiger partial charge in [-0.05, 0) is 32.8 Å². The molecule has 0 aromatic carbocycles. The molecular formula is C17H26NO6P. The number of aliphatic hydroxyl groups is 2. The molecule has 3 N–H and O–H groups in total. The fourth-order valence-electron chi connectivity index (χ4n) is 3.08. The van der Waals surface area contributed by atoms with E-state index >= 15 is 0 Å². The van der Waals surface area contributed by atoms with Crippen molar-refractivity contribution in [3.63, 3.8) is 0 Å². The van der Waals surface area contributed by atoms with Gasteiger partial charge in [0.25, 0.3) is 5.91 Å². The van der Waals surface area contributed by atoms with E-state index in [1.165, 1.54) is 13.0 Å². The van der Waals surface area contributed by atoms with Crippen molar-refractivity contribution in [2.75, 3.05) is 19.5 Å². The molecule has 1 unspecified atom stereocenters. The van der Waals surface area contributed by atoms with Crippen LogP contribution in [0.15, 0.2) is 11.6 Å². The van der Waals surface area contributed by atoms with E-state index < -0.39 is 49.0 Å². The van der Waals surface area contributed by atoms with Crippen molar-refractivity contribution in [2.24, 2.45) is 5.92 Å². The van der Waals surface area contributed by atoms with E-state index in [1.807, 2.05) is 0 Å². The van der Waals surface area contributed by atoms with Crippen LogP contribution in [0.3, 0.4) is 0 Å². The lowest BCUT2D eigenvalue weighted by Gasteiger charge is -2.26. The van der Waals surface area contributed by atoms with E-state index in [0.29, 0.717) is 6.42 Å². The number of imide groups is 1. The maximum Gasteiger partial charge on any atom is 0.253 e. The minimum absolute atomic E-state index is 0.0927. The average molecular weight is 371 g/mol. The molecule has 0 bridgehead atoms. The molecule has 0 radical (unpaired) electrons. The molecule has 0 aromatic rings. The average Bonchev–Trinajstić information content (AvgIpc) is 2.75. The third kappa shape index (κ3) is 4.88. The van der Waals surface area contributed by atoms with Crippen LogP contribution in [-0.4, -0.2) is 78.0 Å². The molecule has 7 nitrogen and oxygen atoms in total. The van der Waals surface area contributed by atoms with Gasteiger partial charge >= 0.3 is 0 Å². The number of nitrogens with one attached hydrogen (secondary N) is 1. The second kappa shape index (κ2) is 7.54. The number of aliphatic hydroxyl groups excluding tert-OH is 2. The molecule has 25 heavy (non-hydrogen) atoms. The fourth-order valence-corrected chi connectivity index (χ4v) is 4.04. The van der Waals surface area contributed by atoms with Gasteiger partial charge in [0, 0.05) is 12.0 Å². The molecular weight excluding hydrogens is 345 g/mol. The third-order valence-corrected chi connectivity index (χ3v) is 5.89. The van der Waals surface area contributed by atoms with E-state index in [4.69, 9.17) is 4.74 Å². The van der Waals surface area contributed by atoms with Crippen molar-refractivity contribution in [3.05, 3.63) is 11.6 Å². The molecule has 1 saturated heterocycles. The Morgan fingerprint density at radius 2 is 1.96 bits per heavy atom. The van der Waals surface area contributed by atoms with Crippen LogP contribution in [0.4, 0.5) is 0 Å². The Bertz CT molecular complexity index is 652. The summed E-state index contributed by atoms with van der Waals surface area (Å²) in [4.78, 5) is 35.3. The molecule has 5 atom stereocenters. The van der Waals surface area contributed by atoms with E-state index in [2.05, 4.69) is 24.9 Å². The standard InChI is InChI=1S/C17H26NO6P/c1-9(19)7-10-8-11(17(23)18-16(10)22)15-14(21)13(20)12(24-15)5-6-25(2,3)4/h8,11-15,20-21H,2,5-7H2,1,3-4H3,(H,18,22,23)/t11-,12+,13+,14+,15?/m0/s1. The number of amides is 2. The van der Waals surface area contributed by atoms with Crippen LogP contribution in [0, 0.1) is 5.92 Å². The van der Waals surface area contributed by atoms with Crippen LogP contribution in [0.5, 0.6) is 0 Å². The number of ketones is 1. The van der Waals surface area contributed by atoms with E-state index in [9.17, 15) is 24.6 Å². The molecule has 0 spiro atoms. The Morgan fingerprint density at radius 3 is 2.52 bits per heavy atom. The van der Waals surface area contributed by atoms with Gasteiger partial charge in [-0.2, -0.15) is 0 Å². The summed E-state index contributed by atoms with van der Waals surface area (Å²) in [5, 5.41) is 22.8. The van der Waals surface area contributed by atoms with Crippen LogP contribution in [0.1, 0.15) is 19.8 Å². The largest absolute Gasteiger partial charge is 0.388 e. The summed E-state index contributed by atoms with van der Waals surface area (Å²) in [6.07, 6.45) is 2.83. The molecule has 140 valence electrons. The van der Waals surface area contributed by atoms with Crippen molar-refractivity contribution in [1.82, 2.24) is 5.32 Å². The Kier molecular flexibility index (Phi) is 6.05. The smallest absolute Gasteiger partial charge is 0.253 e. The Labute approximate surface area is 147 Å². The van der Waals surface area contributed by atoms with Gasteiger partial charge in [0.2, 0.25) is 5.91 Å². The van der Waals surface area contributed by atoms with Crippen LogP contribution in [0.2, 0.25) is 0 Å². The predicted octanol–water partition coefficient (Wildman–Crippen LogP) is -0.247. The first-order chi connectivity index (χ1) is 11.5. The first-order valence-corrected chi connectivity index (χ1v) is 11.3. The van der Waals surface area contributed by atoms with Crippen LogP contribution >= 0.6 is 6.89 Å². The maximum absolute atomic E-state index is 12.2. The van der Waals surface area contributed by atoms with Gasteiger partial charge in [-0.3, -0.25) is 19.7 Å². The van der Waals surface area contributed by atoms with E-state index in [1.54, 1.807) is 0 Å². The number of Topliss-reactive ketones (excluding diaryl/α,β-unsaturated/α-hetero) is 1. The number of carbonyl (C=O) groups is 3. The number of hydrogen-bond donors (Lipinski definition) is 3. The van der Waals surface area contributed by atoms with Gasteiger partial charge in [-0.15, -0.1) is 13.2 Å². The highest BCUT2D eigenvalue weighted by Gasteiger charge is 2.48. The van der Waals surface area contributed by atoms with Gasteiger partial charge in [0.1, 0.15) is 24.1 Å². The summed E-state index contributed by atoms with van der Waals surface area (Å²) >= 11 is 0. The van der Waals surface area contributed by atoms with Gasteiger partial charge in [-0.1, -0.05) is 6.08 Å². The highest BCUT2D eigenvalue weighted by Crippen LogP contribution is 2.39. The van der Waals surface area contributed by atoms with Crippen LogP contribution < -0.4 is 5.32 Å².